The number of rotatable bonds is 5. The van der Waals surface area contributed by atoms with Crippen LogP contribution in [0.15, 0.2) is 30.5 Å². The van der Waals surface area contributed by atoms with Crippen LogP contribution in [0.5, 0.6) is 5.75 Å². The highest BCUT2D eigenvalue weighted by molar-refractivity contribution is 6.09. The Labute approximate surface area is 137 Å². The molecule has 0 bridgehead atoms. The molecule has 0 fully saturated rings. The van der Waals surface area contributed by atoms with Crippen LogP contribution < -0.4 is 4.74 Å². The number of nitrogens with zero attached hydrogens (tertiary/aromatic N) is 2. The van der Waals surface area contributed by atoms with Gasteiger partial charge in [0.05, 0.1) is 23.3 Å². The van der Waals surface area contributed by atoms with Gasteiger partial charge in [0.15, 0.2) is 0 Å². The number of benzene rings is 1. The number of hydrogen-bond donors (Lipinski definition) is 0. The minimum Gasteiger partial charge on any atom is -0.494 e. The molecule has 4 heteroatoms. The number of pyridine rings is 1. The van der Waals surface area contributed by atoms with Gasteiger partial charge in [-0.05, 0) is 38.5 Å². The fourth-order valence-electron chi connectivity index (χ4n) is 3.00. The summed E-state index contributed by atoms with van der Waals surface area (Å²) in [6.07, 6.45) is 4.26. The number of aryl methyl sites for hydroxylation is 2. The zero-order chi connectivity index (χ0) is 14.8. The maximum Gasteiger partial charge on any atom is 0.121 e. The summed E-state index contributed by atoms with van der Waals surface area (Å²) >= 11 is 0. The van der Waals surface area contributed by atoms with Crippen molar-refractivity contribution in [3.63, 3.8) is 0 Å². The topological polar surface area (TPSA) is 27.1 Å². The quantitative estimate of drug-likeness (QED) is 0.653. The standard InChI is InChI=1S/C18H22N2O.ClH/c1-4-6-11-20-17-12-14(21-5-2)7-8-15(17)16-9-10-19-13(3)18(16)20;/h7-10,12H,4-6,11H2,1-3H3;1H. The molecule has 3 nitrogen and oxygen atoms in total. The lowest BCUT2D eigenvalue weighted by molar-refractivity contribution is 0.340. The third kappa shape index (κ3) is 2.78. The molecular formula is C18H23ClN2O. The second kappa shape index (κ2) is 7.01. The average Bonchev–Trinajstić information content (AvgIpc) is 2.80. The summed E-state index contributed by atoms with van der Waals surface area (Å²) in [5.74, 6) is 0.941. The third-order valence-electron chi connectivity index (χ3n) is 3.97. The van der Waals surface area contributed by atoms with Crippen molar-refractivity contribution in [2.24, 2.45) is 0 Å². The van der Waals surface area contributed by atoms with Crippen LogP contribution in [0.25, 0.3) is 21.8 Å². The van der Waals surface area contributed by atoms with Crippen molar-refractivity contribution in [3.8, 4) is 5.75 Å². The molecule has 0 atom stereocenters. The Bertz CT molecular complexity index is 779. The minimum atomic E-state index is 0. The summed E-state index contributed by atoms with van der Waals surface area (Å²) in [6, 6.07) is 8.51. The van der Waals surface area contributed by atoms with Crippen molar-refractivity contribution in [3.05, 3.63) is 36.2 Å². The van der Waals surface area contributed by atoms with Crippen LogP contribution in [0.4, 0.5) is 0 Å². The van der Waals surface area contributed by atoms with Crippen molar-refractivity contribution < 1.29 is 4.74 Å². The highest BCUT2D eigenvalue weighted by Crippen LogP contribution is 2.32. The highest BCUT2D eigenvalue weighted by atomic mass is 35.5. The molecule has 0 spiro atoms. The van der Waals surface area contributed by atoms with E-state index in [9.17, 15) is 0 Å². The summed E-state index contributed by atoms with van der Waals surface area (Å²) < 4.78 is 8.07. The van der Waals surface area contributed by atoms with E-state index in [2.05, 4.69) is 47.7 Å². The van der Waals surface area contributed by atoms with Crippen LogP contribution in [-0.4, -0.2) is 16.2 Å². The van der Waals surface area contributed by atoms with E-state index in [4.69, 9.17) is 4.74 Å². The van der Waals surface area contributed by atoms with Crippen molar-refractivity contribution in [1.82, 2.24) is 9.55 Å². The van der Waals surface area contributed by atoms with Gasteiger partial charge in [0.2, 0.25) is 0 Å². The van der Waals surface area contributed by atoms with Gasteiger partial charge in [-0.1, -0.05) is 13.3 Å². The summed E-state index contributed by atoms with van der Waals surface area (Å²) in [4.78, 5) is 4.48. The van der Waals surface area contributed by atoms with Crippen molar-refractivity contribution in [1.29, 1.82) is 0 Å². The molecular weight excluding hydrogens is 296 g/mol. The predicted octanol–water partition coefficient (Wildman–Crippen LogP) is 5.12. The zero-order valence-electron chi connectivity index (χ0n) is 13.4. The van der Waals surface area contributed by atoms with E-state index >= 15 is 0 Å². The molecule has 22 heavy (non-hydrogen) atoms. The minimum absolute atomic E-state index is 0. The summed E-state index contributed by atoms with van der Waals surface area (Å²) in [5.41, 5.74) is 3.60. The molecule has 2 aromatic heterocycles. The SMILES string of the molecule is CCCCn1c2cc(OCC)ccc2c2ccnc(C)c21.Cl. The zero-order valence-corrected chi connectivity index (χ0v) is 14.2. The van der Waals surface area contributed by atoms with E-state index in [1.165, 1.54) is 34.6 Å². The molecule has 2 heterocycles. The second-order valence-electron chi connectivity index (χ2n) is 5.41. The third-order valence-corrected chi connectivity index (χ3v) is 3.97. The molecule has 3 rings (SSSR count). The normalized spacial score (nSPS) is 10.9. The predicted molar refractivity (Wildman–Crippen MR) is 95.3 cm³/mol. The Balaban J connectivity index is 0.00000176. The maximum atomic E-state index is 5.67. The number of ether oxygens (including phenoxy) is 1. The molecule has 0 saturated heterocycles. The Hall–Kier alpha value is -1.74. The first-order valence-electron chi connectivity index (χ1n) is 7.76. The molecule has 0 amide bonds. The smallest absolute Gasteiger partial charge is 0.121 e. The van der Waals surface area contributed by atoms with Gasteiger partial charge in [0.1, 0.15) is 5.75 Å². The lowest BCUT2D eigenvalue weighted by Crippen LogP contribution is -1.99. The van der Waals surface area contributed by atoms with Crippen LogP contribution in [0.1, 0.15) is 32.4 Å². The van der Waals surface area contributed by atoms with Gasteiger partial charge in [-0.15, -0.1) is 12.4 Å². The van der Waals surface area contributed by atoms with E-state index in [1.807, 2.05) is 13.1 Å². The number of halogens is 1. The van der Waals surface area contributed by atoms with Crippen LogP contribution in [0, 0.1) is 6.92 Å². The van der Waals surface area contributed by atoms with Gasteiger partial charge in [-0.25, -0.2) is 0 Å². The fourth-order valence-corrected chi connectivity index (χ4v) is 3.00. The molecule has 0 unspecified atom stereocenters. The molecule has 0 saturated carbocycles. The van der Waals surface area contributed by atoms with Gasteiger partial charge in [-0.2, -0.15) is 0 Å². The van der Waals surface area contributed by atoms with Crippen LogP contribution in [0.2, 0.25) is 0 Å². The number of unbranched alkanes of at least 4 members (excludes halogenated alkanes) is 1. The number of aromatic nitrogens is 2. The molecule has 0 aliphatic rings. The van der Waals surface area contributed by atoms with Gasteiger partial charge in [0, 0.05) is 29.6 Å². The fraction of sp³-hybridized carbons (Fsp3) is 0.389. The van der Waals surface area contributed by atoms with E-state index in [1.54, 1.807) is 0 Å². The maximum absolute atomic E-state index is 5.67. The molecule has 3 aromatic rings. The second-order valence-corrected chi connectivity index (χ2v) is 5.41. The monoisotopic (exact) mass is 318 g/mol. The molecule has 0 radical (unpaired) electrons. The van der Waals surface area contributed by atoms with Crippen molar-refractivity contribution >= 4 is 34.2 Å². The summed E-state index contributed by atoms with van der Waals surface area (Å²) in [6.45, 7) is 8.06. The lowest BCUT2D eigenvalue weighted by atomic mass is 10.1. The van der Waals surface area contributed by atoms with E-state index in [0.29, 0.717) is 6.61 Å². The van der Waals surface area contributed by atoms with E-state index in [0.717, 1.165) is 18.0 Å². The number of hydrogen-bond acceptors (Lipinski definition) is 2. The average molecular weight is 319 g/mol. The van der Waals surface area contributed by atoms with Gasteiger partial charge >= 0.3 is 0 Å². The first-order chi connectivity index (χ1) is 10.3. The molecule has 0 N–H and O–H groups in total. The summed E-state index contributed by atoms with van der Waals surface area (Å²) in [7, 11) is 0. The van der Waals surface area contributed by atoms with Crippen LogP contribution in [-0.2, 0) is 6.54 Å². The molecule has 0 aliphatic heterocycles. The Kier molecular flexibility index (Phi) is 5.30. The largest absolute Gasteiger partial charge is 0.494 e. The van der Waals surface area contributed by atoms with E-state index < -0.39 is 0 Å². The molecule has 1 aromatic carbocycles. The first-order valence-corrected chi connectivity index (χ1v) is 7.76. The van der Waals surface area contributed by atoms with Gasteiger partial charge < -0.3 is 9.30 Å². The van der Waals surface area contributed by atoms with Gasteiger partial charge in [0.25, 0.3) is 0 Å². The van der Waals surface area contributed by atoms with Crippen molar-refractivity contribution in [2.75, 3.05) is 6.61 Å². The Morgan fingerprint density at radius 3 is 2.68 bits per heavy atom. The first kappa shape index (κ1) is 16.6. The van der Waals surface area contributed by atoms with Crippen molar-refractivity contribution in [2.45, 2.75) is 40.2 Å². The molecule has 118 valence electrons. The Morgan fingerprint density at radius 2 is 1.95 bits per heavy atom. The Morgan fingerprint density at radius 1 is 1.14 bits per heavy atom. The van der Waals surface area contributed by atoms with E-state index in [-0.39, 0.29) is 12.4 Å². The lowest BCUT2D eigenvalue weighted by Gasteiger charge is -2.09. The molecule has 0 aliphatic carbocycles. The number of fused-ring (bicyclic) bond motifs is 3. The summed E-state index contributed by atoms with van der Waals surface area (Å²) in [5, 5.41) is 2.58. The van der Waals surface area contributed by atoms with Crippen LogP contribution in [0.3, 0.4) is 0 Å². The van der Waals surface area contributed by atoms with Crippen LogP contribution >= 0.6 is 12.4 Å². The highest BCUT2D eigenvalue weighted by Gasteiger charge is 2.13. The van der Waals surface area contributed by atoms with Gasteiger partial charge in [-0.3, -0.25) is 4.98 Å².